The molecular weight excluding hydrogens is 260 g/mol. The van der Waals surface area contributed by atoms with Gasteiger partial charge in [-0.3, -0.25) is 4.79 Å². The maximum atomic E-state index is 12.3. The molecule has 1 aliphatic rings. The third-order valence-corrected chi connectivity index (χ3v) is 3.70. The number of carboxylic acids is 1. The molecule has 1 aliphatic heterocycles. The highest BCUT2D eigenvalue weighted by molar-refractivity contribution is 5.94. The molecule has 0 spiro atoms. The van der Waals surface area contributed by atoms with Gasteiger partial charge in [0.15, 0.2) is 0 Å². The lowest BCUT2D eigenvalue weighted by molar-refractivity contribution is 0.0516. The molecule has 6 heteroatoms. The average molecular weight is 278 g/mol. The van der Waals surface area contributed by atoms with Gasteiger partial charge in [0.25, 0.3) is 5.91 Å². The summed E-state index contributed by atoms with van der Waals surface area (Å²) in [5.74, 6) is -1.18. The van der Waals surface area contributed by atoms with E-state index in [-0.39, 0.29) is 29.3 Å². The average Bonchev–Trinajstić information content (AvgIpc) is 2.46. The molecule has 108 valence electrons. The Kier molecular flexibility index (Phi) is 4.34. The molecule has 2 N–H and O–H groups in total. The van der Waals surface area contributed by atoms with Crippen LogP contribution in [0.4, 0.5) is 0 Å². The Labute approximate surface area is 117 Å². The largest absolute Gasteiger partial charge is 0.477 e. The number of amides is 1. The topological polar surface area (TPSA) is 90.7 Å². The van der Waals surface area contributed by atoms with Crippen LogP contribution in [0.15, 0.2) is 18.2 Å². The molecule has 1 unspecified atom stereocenters. The quantitative estimate of drug-likeness (QED) is 0.861. The molecule has 1 aromatic rings. The van der Waals surface area contributed by atoms with Crippen LogP contribution in [-0.2, 0) is 0 Å². The van der Waals surface area contributed by atoms with Gasteiger partial charge >= 0.3 is 5.97 Å². The van der Waals surface area contributed by atoms with Gasteiger partial charge in [0, 0.05) is 13.1 Å². The Morgan fingerprint density at radius 3 is 2.45 bits per heavy atom. The highest BCUT2D eigenvalue weighted by Gasteiger charge is 2.26. The van der Waals surface area contributed by atoms with E-state index < -0.39 is 5.97 Å². The molecule has 0 radical (unpaired) electrons. The molecule has 0 bridgehead atoms. The summed E-state index contributed by atoms with van der Waals surface area (Å²) in [4.78, 5) is 28.6. The Morgan fingerprint density at radius 1 is 1.30 bits per heavy atom. The van der Waals surface area contributed by atoms with Crippen molar-refractivity contribution in [3.05, 3.63) is 29.6 Å². The minimum absolute atomic E-state index is 0.130. The zero-order valence-corrected chi connectivity index (χ0v) is 11.3. The molecule has 1 fully saturated rings. The molecule has 2 heterocycles. The summed E-state index contributed by atoms with van der Waals surface area (Å²) in [5.41, 5.74) is 0.0233. The molecule has 1 atom stereocenters. The summed E-state index contributed by atoms with van der Waals surface area (Å²) in [6.45, 7) is 2.89. The predicted octanol–water partition coefficient (Wildman–Crippen LogP) is 1.01. The number of aromatic nitrogens is 1. The minimum Gasteiger partial charge on any atom is -0.477 e. The van der Waals surface area contributed by atoms with Gasteiger partial charge in [0.1, 0.15) is 11.4 Å². The molecule has 6 nitrogen and oxygen atoms in total. The van der Waals surface area contributed by atoms with Crippen molar-refractivity contribution in [1.29, 1.82) is 0 Å². The number of likely N-dealkylation sites (tertiary alicyclic amines) is 1. The van der Waals surface area contributed by atoms with Crippen LogP contribution in [0.1, 0.15) is 40.7 Å². The summed E-state index contributed by atoms with van der Waals surface area (Å²) in [7, 11) is 0. The first-order chi connectivity index (χ1) is 9.49. The zero-order chi connectivity index (χ0) is 14.7. The van der Waals surface area contributed by atoms with Gasteiger partial charge in [-0.1, -0.05) is 6.07 Å². The number of carbonyl (C=O) groups excluding carboxylic acids is 1. The van der Waals surface area contributed by atoms with Gasteiger partial charge in [-0.15, -0.1) is 0 Å². The number of aliphatic hydroxyl groups is 1. The minimum atomic E-state index is -1.15. The van der Waals surface area contributed by atoms with Crippen LogP contribution in [0, 0.1) is 5.92 Å². The van der Waals surface area contributed by atoms with E-state index in [1.165, 1.54) is 18.2 Å². The molecular formula is C14H18N2O4. The number of carboxylic acid groups (broad SMARTS) is 1. The van der Waals surface area contributed by atoms with Gasteiger partial charge in [0.05, 0.1) is 6.10 Å². The Hall–Kier alpha value is -1.95. The van der Waals surface area contributed by atoms with Crippen LogP contribution >= 0.6 is 0 Å². The molecule has 20 heavy (non-hydrogen) atoms. The number of nitrogens with zero attached hydrogens (tertiary/aromatic N) is 2. The third kappa shape index (κ3) is 3.14. The number of hydrogen-bond acceptors (Lipinski definition) is 4. The van der Waals surface area contributed by atoms with Crippen molar-refractivity contribution in [2.24, 2.45) is 5.92 Å². The number of hydrogen-bond donors (Lipinski definition) is 2. The van der Waals surface area contributed by atoms with Crippen LogP contribution in [0.2, 0.25) is 0 Å². The lowest BCUT2D eigenvalue weighted by Gasteiger charge is -2.33. The van der Waals surface area contributed by atoms with E-state index in [2.05, 4.69) is 4.98 Å². The van der Waals surface area contributed by atoms with E-state index in [4.69, 9.17) is 5.11 Å². The van der Waals surface area contributed by atoms with Crippen LogP contribution < -0.4 is 0 Å². The fourth-order valence-corrected chi connectivity index (χ4v) is 2.42. The molecule has 0 aromatic carbocycles. The maximum absolute atomic E-state index is 12.3. The second-order valence-corrected chi connectivity index (χ2v) is 5.08. The highest BCUT2D eigenvalue weighted by Crippen LogP contribution is 2.21. The van der Waals surface area contributed by atoms with E-state index in [1.54, 1.807) is 11.8 Å². The number of aromatic carboxylic acids is 1. The van der Waals surface area contributed by atoms with E-state index in [0.29, 0.717) is 13.1 Å². The van der Waals surface area contributed by atoms with Crippen LogP contribution in [-0.4, -0.2) is 51.2 Å². The second-order valence-electron chi connectivity index (χ2n) is 5.08. The number of pyridine rings is 1. The summed E-state index contributed by atoms with van der Waals surface area (Å²) < 4.78 is 0. The summed E-state index contributed by atoms with van der Waals surface area (Å²) in [5, 5.41) is 18.4. The van der Waals surface area contributed by atoms with Crippen LogP contribution in [0.25, 0.3) is 0 Å². The van der Waals surface area contributed by atoms with Gasteiger partial charge < -0.3 is 15.1 Å². The van der Waals surface area contributed by atoms with Crippen molar-refractivity contribution in [3.63, 3.8) is 0 Å². The number of carbonyl (C=O) groups is 2. The highest BCUT2D eigenvalue weighted by atomic mass is 16.4. The third-order valence-electron chi connectivity index (χ3n) is 3.70. The van der Waals surface area contributed by atoms with Gasteiger partial charge in [-0.05, 0) is 37.8 Å². The fraction of sp³-hybridized carbons (Fsp3) is 0.500. The van der Waals surface area contributed by atoms with Crippen molar-refractivity contribution in [3.8, 4) is 0 Å². The predicted molar refractivity (Wildman–Crippen MR) is 71.5 cm³/mol. The van der Waals surface area contributed by atoms with E-state index in [1.807, 2.05) is 0 Å². The van der Waals surface area contributed by atoms with Crippen molar-refractivity contribution in [1.82, 2.24) is 9.88 Å². The molecule has 2 rings (SSSR count). The summed E-state index contributed by atoms with van der Waals surface area (Å²) in [6, 6.07) is 4.40. The van der Waals surface area contributed by atoms with Crippen LogP contribution in [0.5, 0.6) is 0 Å². The summed E-state index contributed by atoms with van der Waals surface area (Å²) in [6.07, 6.45) is 1.14. The molecule has 0 saturated carbocycles. The first-order valence-corrected chi connectivity index (χ1v) is 6.66. The normalized spacial score (nSPS) is 17.8. The fourth-order valence-electron chi connectivity index (χ4n) is 2.42. The van der Waals surface area contributed by atoms with Gasteiger partial charge in [-0.25, -0.2) is 9.78 Å². The number of piperidine rings is 1. The molecule has 1 amide bonds. The Balaban J connectivity index is 2.05. The van der Waals surface area contributed by atoms with Crippen molar-refractivity contribution in [2.45, 2.75) is 25.9 Å². The van der Waals surface area contributed by atoms with Crippen LogP contribution in [0.3, 0.4) is 0 Å². The number of aliphatic hydroxyl groups excluding tert-OH is 1. The first-order valence-electron chi connectivity index (χ1n) is 6.66. The van der Waals surface area contributed by atoms with E-state index in [0.717, 1.165) is 12.8 Å². The Morgan fingerprint density at radius 2 is 1.90 bits per heavy atom. The van der Waals surface area contributed by atoms with Gasteiger partial charge in [0.2, 0.25) is 0 Å². The van der Waals surface area contributed by atoms with Gasteiger partial charge in [-0.2, -0.15) is 0 Å². The molecule has 1 saturated heterocycles. The zero-order valence-electron chi connectivity index (χ0n) is 11.3. The monoisotopic (exact) mass is 278 g/mol. The van der Waals surface area contributed by atoms with Crippen molar-refractivity contribution < 1.29 is 19.8 Å². The van der Waals surface area contributed by atoms with E-state index in [9.17, 15) is 14.7 Å². The first kappa shape index (κ1) is 14.5. The molecule has 0 aliphatic carbocycles. The maximum Gasteiger partial charge on any atom is 0.354 e. The molecule has 1 aromatic heterocycles. The lowest BCUT2D eigenvalue weighted by atomic mass is 9.92. The standard InChI is InChI=1S/C14H18N2O4/c1-9(17)10-5-7-16(8-6-10)13(18)11-3-2-4-12(15-11)14(19)20/h2-4,9-10,17H,5-8H2,1H3,(H,19,20). The smallest absolute Gasteiger partial charge is 0.354 e. The SMILES string of the molecule is CC(O)C1CCN(C(=O)c2cccc(C(=O)O)n2)CC1. The van der Waals surface area contributed by atoms with Crippen molar-refractivity contribution >= 4 is 11.9 Å². The second kappa shape index (κ2) is 6.00. The van der Waals surface area contributed by atoms with Crippen molar-refractivity contribution in [2.75, 3.05) is 13.1 Å². The van der Waals surface area contributed by atoms with E-state index >= 15 is 0 Å². The lowest BCUT2D eigenvalue weighted by Crippen LogP contribution is -2.41. The summed E-state index contributed by atoms with van der Waals surface area (Å²) >= 11 is 0. The Bertz CT molecular complexity index is 508. The number of rotatable bonds is 3.